The van der Waals surface area contributed by atoms with Crippen LogP contribution in [-0.2, 0) is 21.2 Å². The van der Waals surface area contributed by atoms with Crippen molar-refractivity contribution in [2.75, 3.05) is 28.6 Å². The molecule has 0 saturated carbocycles. The highest BCUT2D eigenvalue weighted by molar-refractivity contribution is 7.92. The lowest BCUT2D eigenvalue weighted by Gasteiger charge is -2.31. The number of carbonyl (C=O) groups excluding carboxylic acids is 1. The van der Waals surface area contributed by atoms with Gasteiger partial charge in [0.05, 0.1) is 11.9 Å². The van der Waals surface area contributed by atoms with Gasteiger partial charge in [0.1, 0.15) is 12.4 Å². The van der Waals surface area contributed by atoms with Crippen LogP contribution in [0.5, 0.6) is 0 Å². The molecule has 0 N–H and O–H groups in total. The van der Waals surface area contributed by atoms with Crippen LogP contribution in [0.2, 0.25) is 0 Å². The van der Waals surface area contributed by atoms with Gasteiger partial charge in [-0.05, 0) is 48.7 Å². The van der Waals surface area contributed by atoms with Crippen molar-refractivity contribution in [2.45, 2.75) is 12.8 Å². The Hall–Kier alpha value is -2.41. The van der Waals surface area contributed by atoms with E-state index in [0.717, 1.165) is 34.7 Å². The first-order valence-electron chi connectivity index (χ1n) is 7.98. The Kier molecular flexibility index (Phi) is 4.76. The van der Waals surface area contributed by atoms with E-state index >= 15 is 0 Å². The van der Waals surface area contributed by atoms with Crippen LogP contribution in [0.3, 0.4) is 0 Å². The van der Waals surface area contributed by atoms with Gasteiger partial charge < -0.3 is 4.90 Å². The monoisotopic (exact) mass is 362 g/mol. The van der Waals surface area contributed by atoms with E-state index in [1.165, 1.54) is 24.3 Å². The fraction of sp³-hybridized carbons (Fsp3) is 0.278. The normalized spacial score (nSPS) is 14.1. The summed E-state index contributed by atoms with van der Waals surface area (Å²) in [4.78, 5) is 14.4. The molecule has 0 unspecified atom stereocenters. The average Bonchev–Trinajstić information content (AvgIpc) is 2.59. The Labute approximate surface area is 146 Å². The van der Waals surface area contributed by atoms with Gasteiger partial charge in [-0.1, -0.05) is 18.2 Å². The molecule has 1 amide bonds. The third kappa shape index (κ3) is 3.82. The van der Waals surface area contributed by atoms with Crippen molar-refractivity contribution in [1.82, 2.24) is 0 Å². The minimum atomic E-state index is -3.68. The van der Waals surface area contributed by atoms with Gasteiger partial charge in [-0.25, -0.2) is 12.8 Å². The predicted octanol–water partition coefficient (Wildman–Crippen LogP) is 2.57. The molecule has 0 radical (unpaired) electrons. The second-order valence-electron chi connectivity index (χ2n) is 6.02. The highest BCUT2D eigenvalue weighted by Crippen LogP contribution is 2.27. The van der Waals surface area contributed by atoms with Crippen molar-refractivity contribution in [3.8, 4) is 0 Å². The molecular formula is C18H19FN2O3S. The summed E-state index contributed by atoms with van der Waals surface area (Å²) in [6, 6.07) is 12.7. The lowest BCUT2D eigenvalue weighted by molar-refractivity contribution is -0.117. The maximum Gasteiger partial charge on any atom is 0.247 e. The molecule has 2 aromatic carbocycles. The standard InChI is InChI=1S/C18H19FN2O3S/c1-25(23,24)21(16-10-8-15(19)9-11-16)13-18(22)20-12-4-6-14-5-2-3-7-17(14)20/h2-3,5,7-11H,4,6,12-13H2,1H3. The number of anilines is 2. The molecule has 1 aliphatic heterocycles. The fourth-order valence-corrected chi connectivity index (χ4v) is 3.86. The van der Waals surface area contributed by atoms with E-state index in [1.54, 1.807) is 4.90 Å². The summed E-state index contributed by atoms with van der Waals surface area (Å²) >= 11 is 0. The van der Waals surface area contributed by atoms with Gasteiger partial charge in [-0.3, -0.25) is 9.10 Å². The number of benzene rings is 2. The molecular weight excluding hydrogens is 343 g/mol. The molecule has 0 saturated heterocycles. The Morgan fingerprint density at radius 1 is 1.16 bits per heavy atom. The summed E-state index contributed by atoms with van der Waals surface area (Å²) in [6.07, 6.45) is 2.76. The Morgan fingerprint density at radius 2 is 1.84 bits per heavy atom. The zero-order valence-corrected chi connectivity index (χ0v) is 14.7. The first-order chi connectivity index (χ1) is 11.9. The lowest BCUT2D eigenvalue weighted by atomic mass is 10.0. The number of sulfonamides is 1. The number of halogens is 1. The number of fused-ring (bicyclic) bond motifs is 1. The molecule has 1 heterocycles. The third-order valence-electron chi connectivity index (χ3n) is 4.21. The van der Waals surface area contributed by atoms with Crippen LogP contribution >= 0.6 is 0 Å². The summed E-state index contributed by atoms with van der Waals surface area (Å²) in [5.41, 5.74) is 2.17. The number of amides is 1. The number of carbonyl (C=O) groups is 1. The maximum atomic E-state index is 13.1. The minimum absolute atomic E-state index is 0.266. The quantitative estimate of drug-likeness (QED) is 0.840. The Bertz CT molecular complexity index is 881. The van der Waals surface area contributed by atoms with Gasteiger partial charge in [0, 0.05) is 12.2 Å². The van der Waals surface area contributed by atoms with Gasteiger partial charge in [-0.2, -0.15) is 0 Å². The fourth-order valence-electron chi connectivity index (χ4n) is 3.01. The van der Waals surface area contributed by atoms with Crippen molar-refractivity contribution in [3.05, 3.63) is 59.9 Å². The SMILES string of the molecule is CS(=O)(=O)N(CC(=O)N1CCCc2ccccc21)c1ccc(F)cc1. The number of nitrogens with zero attached hydrogens (tertiary/aromatic N) is 2. The van der Waals surface area contributed by atoms with E-state index < -0.39 is 15.8 Å². The molecule has 132 valence electrons. The van der Waals surface area contributed by atoms with Crippen LogP contribution in [0.1, 0.15) is 12.0 Å². The van der Waals surface area contributed by atoms with E-state index in [1.807, 2.05) is 24.3 Å². The first-order valence-corrected chi connectivity index (χ1v) is 9.82. The molecule has 7 heteroatoms. The summed E-state index contributed by atoms with van der Waals surface area (Å²) in [5, 5.41) is 0. The highest BCUT2D eigenvalue weighted by atomic mass is 32.2. The van der Waals surface area contributed by atoms with E-state index in [9.17, 15) is 17.6 Å². The number of rotatable bonds is 4. The number of para-hydroxylation sites is 1. The predicted molar refractivity (Wildman–Crippen MR) is 95.7 cm³/mol. The molecule has 0 spiro atoms. The molecule has 25 heavy (non-hydrogen) atoms. The van der Waals surface area contributed by atoms with Gasteiger partial charge in [0.2, 0.25) is 15.9 Å². The largest absolute Gasteiger partial charge is 0.311 e. The number of aryl methyl sites for hydroxylation is 1. The van der Waals surface area contributed by atoms with Crippen molar-refractivity contribution >= 4 is 27.3 Å². The Morgan fingerprint density at radius 3 is 2.52 bits per heavy atom. The summed E-state index contributed by atoms with van der Waals surface area (Å²) < 4.78 is 38.4. The summed E-state index contributed by atoms with van der Waals surface area (Å²) in [5.74, 6) is -0.768. The zero-order chi connectivity index (χ0) is 18.0. The summed E-state index contributed by atoms with van der Waals surface area (Å²) in [7, 11) is -3.68. The lowest BCUT2D eigenvalue weighted by Crippen LogP contribution is -2.44. The molecule has 0 bridgehead atoms. The Balaban J connectivity index is 1.88. The molecule has 5 nitrogen and oxygen atoms in total. The van der Waals surface area contributed by atoms with Gasteiger partial charge in [-0.15, -0.1) is 0 Å². The minimum Gasteiger partial charge on any atom is -0.311 e. The molecule has 0 atom stereocenters. The number of hydrogen-bond acceptors (Lipinski definition) is 3. The van der Waals surface area contributed by atoms with Crippen LogP contribution in [0, 0.1) is 5.82 Å². The highest BCUT2D eigenvalue weighted by Gasteiger charge is 2.27. The van der Waals surface area contributed by atoms with Crippen LogP contribution < -0.4 is 9.21 Å². The van der Waals surface area contributed by atoms with Crippen LogP contribution in [0.15, 0.2) is 48.5 Å². The second kappa shape index (κ2) is 6.84. The van der Waals surface area contributed by atoms with E-state index in [0.29, 0.717) is 6.54 Å². The topological polar surface area (TPSA) is 57.7 Å². The zero-order valence-electron chi connectivity index (χ0n) is 13.9. The van der Waals surface area contributed by atoms with E-state index in [2.05, 4.69) is 0 Å². The van der Waals surface area contributed by atoms with E-state index in [4.69, 9.17) is 0 Å². The third-order valence-corrected chi connectivity index (χ3v) is 5.35. The molecule has 0 aromatic heterocycles. The van der Waals surface area contributed by atoms with Crippen molar-refractivity contribution in [3.63, 3.8) is 0 Å². The van der Waals surface area contributed by atoms with Crippen molar-refractivity contribution in [2.24, 2.45) is 0 Å². The average molecular weight is 362 g/mol. The molecule has 1 aliphatic rings. The molecule has 0 fully saturated rings. The van der Waals surface area contributed by atoms with Crippen LogP contribution in [0.4, 0.5) is 15.8 Å². The van der Waals surface area contributed by atoms with Crippen LogP contribution in [-0.4, -0.2) is 33.7 Å². The van der Waals surface area contributed by atoms with Gasteiger partial charge in [0.25, 0.3) is 0 Å². The van der Waals surface area contributed by atoms with Crippen LogP contribution in [0.25, 0.3) is 0 Å². The van der Waals surface area contributed by atoms with E-state index in [-0.39, 0.29) is 18.1 Å². The molecule has 0 aliphatic carbocycles. The van der Waals surface area contributed by atoms with Crippen molar-refractivity contribution < 1.29 is 17.6 Å². The van der Waals surface area contributed by atoms with Gasteiger partial charge >= 0.3 is 0 Å². The number of hydrogen-bond donors (Lipinski definition) is 0. The molecule has 3 rings (SSSR count). The first kappa shape index (κ1) is 17.4. The molecule has 2 aromatic rings. The maximum absolute atomic E-state index is 13.1. The second-order valence-corrected chi connectivity index (χ2v) is 7.93. The summed E-state index contributed by atoms with van der Waals surface area (Å²) in [6.45, 7) is 0.232. The van der Waals surface area contributed by atoms with Gasteiger partial charge in [0.15, 0.2) is 0 Å². The van der Waals surface area contributed by atoms with Crippen molar-refractivity contribution in [1.29, 1.82) is 0 Å². The smallest absolute Gasteiger partial charge is 0.247 e.